The van der Waals surface area contributed by atoms with Crippen molar-refractivity contribution in [2.75, 3.05) is 18.5 Å². The van der Waals surface area contributed by atoms with E-state index in [1.165, 1.54) is 24.1 Å². The minimum atomic E-state index is 0.564. The van der Waals surface area contributed by atoms with Crippen LogP contribution >= 0.6 is 11.8 Å². The van der Waals surface area contributed by atoms with E-state index in [-0.39, 0.29) is 0 Å². The van der Waals surface area contributed by atoms with Crippen molar-refractivity contribution in [3.05, 3.63) is 59.4 Å². The van der Waals surface area contributed by atoms with Crippen molar-refractivity contribution < 1.29 is 0 Å². The molecule has 0 bridgehead atoms. The molecule has 1 saturated heterocycles. The van der Waals surface area contributed by atoms with Gasteiger partial charge in [0, 0.05) is 35.7 Å². The molecule has 1 aliphatic heterocycles. The SMILES string of the molecule is C(=C1\CNCN1)/c1cnn2c(NC3CC3)cc(SCc3ccccc3)nc12. The van der Waals surface area contributed by atoms with Gasteiger partial charge in [0.1, 0.15) is 10.8 Å². The van der Waals surface area contributed by atoms with Crippen LogP contribution in [0.5, 0.6) is 0 Å². The molecular weight excluding hydrogens is 356 g/mol. The molecule has 2 aromatic heterocycles. The van der Waals surface area contributed by atoms with Gasteiger partial charge in [0.25, 0.3) is 0 Å². The highest BCUT2D eigenvalue weighted by atomic mass is 32.2. The average molecular weight is 379 g/mol. The van der Waals surface area contributed by atoms with E-state index >= 15 is 0 Å². The van der Waals surface area contributed by atoms with E-state index in [0.717, 1.165) is 41.0 Å². The van der Waals surface area contributed by atoms with E-state index in [1.807, 2.05) is 16.8 Å². The first-order chi connectivity index (χ1) is 13.3. The van der Waals surface area contributed by atoms with Crippen molar-refractivity contribution in [3.63, 3.8) is 0 Å². The molecule has 3 N–H and O–H groups in total. The summed E-state index contributed by atoms with van der Waals surface area (Å²) >= 11 is 1.76. The zero-order valence-corrected chi connectivity index (χ0v) is 15.8. The molecule has 5 rings (SSSR count). The van der Waals surface area contributed by atoms with Crippen LogP contribution in [0, 0.1) is 0 Å². The largest absolute Gasteiger partial charge is 0.375 e. The van der Waals surface area contributed by atoms with E-state index in [0.29, 0.717) is 6.04 Å². The second-order valence-electron chi connectivity index (χ2n) is 6.96. The van der Waals surface area contributed by atoms with Crippen molar-refractivity contribution in [2.24, 2.45) is 0 Å². The van der Waals surface area contributed by atoms with Gasteiger partial charge in [0.2, 0.25) is 0 Å². The van der Waals surface area contributed by atoms with E-state index in [9.17, 15) is 0 Å². The lowest BCUT2D eigenvalue weighted by Gasteiger charge is -2.10. The molecule has 1 aromatic carbocycles. The van der Waals surface area contributed by atoms with Crippen LogP contribution < -0.4 is 16.0 Å². The van der Waals surface area contributed by atoms with Gasteiger partial charge in [-0.1, -0.05) is 30.3 Å². The summed E-state index contributed by atoms with van der Waals surface area (Å²) in [4.78, 5) is 4.91. The van der Waals surface area contributed by atoms with Crippen molar-refractivity contribution in [2.45, 2.75) is 29.7 Å². The van der Waals surface area contributed by atoms with Gasteiger partial charge in [0.15, 0.2) is 5.65 Å². The van der Waals surface area contributed by atoms with Crippen LogP contribution in [-0.2, 0) is 5.75 Å². The summed E-state index contributed by atoms with van der Waals surface area (Å²) in [6, 6.07) is 13.2. The Kier molecular flexibility index (Phi) is 4.47. The lowest BCUT2D eigenvalue weighted by molar-refractivity contribution is 0.815. The molecule has 27 heavy (non-hydrogen) atoms. The second kappa shape index (κ2) is 7.25. The molecular formula is C20H22N6S. The summed E-state index contributed by atoms with van der Waals surface area (Å²) in [5, 5.41) is 15.8. The minimum absolute atomic E-state index is 0.564. The molecule has 6 nitrogen and oxygen atoms in total. The summed E-state index contributed by atoms with van der Waals surface area (Å²) in [7, 11) is 0. The number of anilines is 1. The van der Waals surface area contributed by atoms with Crippen LogP contribution in [-0.4, -0.2) is 33.9 Å². The Morgan fingerprint density at radius 2 is 2.15 bits per heavy atom. The minimum Gasteiger partial charge on any atom is -0.375 e. The Balaban J connectivity index is 1.49. The molecule has 3 heterocycles. The third-order valence-corrected chi connectivity index (χ3v) is 5.70. The maximum absolute atomic E-state index is 4.91. The predicted molar refractivity (Wildman–Crippen MR) is 110 cm³/mol. The second-order valence-corrected chi connectivity index (χ2v) is 7.95. The lowest BCUT2D eigenvalue weighted by Crippen LogP contribution is -2.10. The number of nitrogens with zero attached hydrogens (tertiary/aromatic N) is 3. The van der Waals surface area contributed by atoms with Gasteiger partial charge >= 0.3 is 0 Å². The Morgan fingerprint density at radius 1 is 1.26 bits per heavy atom. The topological polar surface area (TPSA) is 66.3 Å². The van der Waals surface area contributed by atoms with E-state index in [2.05, 4.69) is 57.5 Å². The van der Waals surface area contributed by atoms with Crippen LogP contribution in [0.3, 0.4) is 0 Å². The highest BCUT2D eigenvalue weighted by molar-refractivity contribution is 7.98. The zero-order valence-electron chi connectivity index (χ0n) is 15.0. The van der Waals surface area contributed by atoms with E-state index in [1.54, 1.807) is 11.8 Å². The fourth-order valence-electron chi connectivity index (χ4n) is 3.13. The molecule has 1 saturated carbocycles. The number of fused-ring (bicyclic) bond motifs is 1. The first kappa shape index (κ1) is 16.6. The fraction of sp³-hybridized carbons (Fsp3) is 0.300. The first-order valence-electron chi connectivity index (χ1n) is 9.32. The summed E-state index contributed by atoms with van der Waals surface area (Å²) in [6.07, 6.45) is 6.50. The summed E-state index contributed by atoms with van der Waals surface area (Å²) in [5.74, 6) is 1.93. The normalized spacial score (nSPS) is 18.1. The number of rotatable bonds is 6. The number of hydrogen-bond acceptors (Lipinski definition) is 6. The third kappa shape index (κ3) is 3.79. The Labute approximate surface area is 162 Å². The molecule has 3 aromatic rings. The highest BCUT2D eigenvalue weighted by Gasteiger charge is 2.23. The van der Waals surface area contributed by atoms with Crippen molar-refractivity contribution >= 4 is 29.3 Å². The standard InChI is InChI=1S/C20H22N6S/c1-2-4-14(5-3-1)12-27-19-9-18(24-16-6-7-16)26-20(25-19)15(10-23-26)8-17-11-21-13-22-17/h1-5,8-10,16,21-22,24H,6-7,11-13H2/b17-8-. The monoisotopic (exact) mass is 378 g/mol. The van der Waals surface area contributed by atoms with E-state index in [4.69, 9.17) is 4.98 Å². The number of benzene rings is 1. The number of aromatic nitrogens is 3. The van der Waals surface area contributed by atoms with Crippen LogP contribution in [0.1, 0.15) is 24.0 Å². The fourth-order valence-corrected chi connectivity index (χ4v) is 3.98. The predicted octanol–water partition coefficient (Wildman–Crippen LogP) is 3.09. The Morgan fingerprint density at radius 3 is 2.93 bits per heavy atom. The summed E-state index contributed by atoms with van der Waals surface area (Å²) in [5.41, 5.74) is 4.42. The van der Waals surface area contributed by atoms with Crippen LogP contribution in [0.2, 0.25) is 0 Å². The molecule has 7 heteroatoms. The van der Waals surface area contributed by atoms with Crippen molar-refractivity contribution in [1.29, 1.82) is 0 Å². The molecule has 2 fully saturated rings. The van der Waals surface area contributed by atoms with Gasteiger partial charge in [0.05, 0.1) is 12.9 Å². The summed E-state index contributed by atoms with van der Waals surface area (Å²) in [6.45, 7) is 1.66. The number of hydrogen-bond donors (Lipinski definition) is 3. The van der Waals surface area contributed by atoms with Crippen LogP contribution in [0.15, 0.2) is 53.3 Å². The molecule has 1 aliphatic carbocycles. The molecule has 0 amide bonds. The quantitative estimate of drug-likeness (QED) is 0.452. The maximum Gasteiger partial charge on any atom is 0.165 e. The average Bonchev–Trinajstić information content (AvgIpc) is 3.20. The molecule has 0 unspecified atom stereocenters. The van der Waals surface area contributed by atoms with Gasteiger partial charge in [-0.2, -0.15) is 9.61 Å². The smallest absolute Gasteiger partial charge is 0.165 e. The van der Waals surface area contributed by atoms with Gasteiger partial charge in [-0.25, -0.2) is 4.98 Å². The number of thioether (sulfide) groups is 1. The van der Waals surface area contributed by atoms with Gasteiger partial charge in [-0.3, -0.25) is 5.32 Å². The molecule has 0 radical (unpaired) electrons. The van der Waals surface area contributed by atoms with Crippen LogP contribution in [0.4, 0.5) is 5.82 Å². The lowest BCUT2D eigenvalue weighted by atomic mass is 10.2. The number of nitrogens with one attached hydrogen (secondary N) is 3. The zero-order chi connectivity index (χ0) is 18.1. The van der Waals surface area contributed by atoms with Crippen molar-refractivity contribution in [3.8, 4) is 0 Å². The van der Waals surface area contributed by atoms with Crippen molar-refractivity contribution in [1.82, 2.24) is 25.2 Å². The molecule has 2 aliphatic rings. The summed E-state index contributed by atoms with van der Waals surface area (Å²) < 4.78 is 1.93. The molecule has 0 atom stereocenters. The maximum atomic E-state index is 4.91. The van der Waals surface area contributed by atoms with Gasteiger partial charge in [-0.15, -0.1) is 11.8 Å². The van der Waals surface area contributed by atoms with Gasteiger partial charge in [-0.05, 0) is 24.5 Å². The highest BCUT2D eigenvalue weighted by Crippen LogP contribution is 2.30. The van der Waals surface area contributed by atoms with E-state index < -0.39 is 0 Å². The first-order valence-corrected chi connectivity index (χ1v) is 10.3. The van der Waals surface area contributed by atoms with Gasteiger partial charge < -0.3 is 10.6 Å². The Hall–Kier alpha value is -2.51. The molecule has 138 valence electrons. The third-order valence-electron chi connectivity index (χ3n) is 4.72. The molecule has 0 spiro atoms. The Bertz CT molecular complexity index is 969. The van der Waals surface area contributed by atoms with Crippen LogP contribution in [0.25, 0.3) is 11.7 Å².